The lowest BCUT2D eigenvalue weighted by Gasteiger charge is -2.13. The van der Waals surface area contributed by atoms with Crippen molar-refractivity contribution in [3.05, 3.63) is 48.5 Å². The molecule has 22 heavy (non-hydrogen) atoms. The van der Waals surface area contributed by atoms with E-state index in [1.165, 1.54) is 0 Å². The molecule has 2 aromatic rings. The third-order valence-electron chi connectivity index (χ3n) is 3.35. The van der Waals surface area contributed by atoms with Crippen molar-refractivity contribution in [2.75, 3.05) is 13.7 Å². The summed E-state index contributed by atoms with van der Waals surface area (Å²) >= 11 is 0. The number of methoxy groups -OCH3 is 1. The zero-order valence-corrected chi connectivity index (χ0v) is 12.6. The Morgan fingerprint density at radius 2 is 2.36 bits per heavy atom. The van der Waals surface area contributed by atoms with Gasteiger partial charge >= 0.3 is 0 Å². The van der Waals surface area contributed by atoms with Crippen LogP contribution in [0.3, 0.4) is 0 Å². The number of nitrogens with one attached hydrogen (secondary N) is 1. The molecule has 6 heteroatoms. The molecule has 2 N–H and O–H groups in total. The summed E-state index contributed by atoms with van der Waals surface area (Å²) in [4.78, 5) is 15.7. The van der Waals surface area contributed by atoms with Crippen LogP contribution < -0.4 is 10.1 Å². The van der Waals surface area contributed by atoms with Crippen LogP contribution in [-0.2, 0) is 11.3 Å². The van der Waals surface area contributed by atoms with Gasteiger partial charge in [0.25, 0.3) is 0 Å². The fourth-order valence-electron chi connectivity index (χ4n) is 2.11. The van der Waals surface area contributed by atoms with E-state index in [0.717, 1.165) is 18.5 Å². The van der Waals surface area contributed by atoms with Crippen LogP contribution in [0, 0.1) is 0 Å². The van der Waals surface area contributed by atoms with E-state index in [0.29, 0.717) is 12.2 Å². The lowest BCUT2D eigenvalue weighted by Crippen LogP contribution is -2.28. The van der Waals surface area contributed by atoms with Crippen LogP contribution in [-0.4, -0.2) is 34.2 Å². The molecule has 118 valence electrons. The Bertz CT molecular complexity index is 584. The maximum atomic E-state index is 11.8. The fraction of sp³-hybridized carbons (Fsp3) is 0.375. The molecule has 1 aromatic heterocycles. The minimum absolute atomic E-state index is 0.0675. The van der Waals surface area contributed by atoms with Crippen molar-refractivity contribution in [3.8, 4) is 5.75 Å². The van der Waals surface area contributed by atoms with Crippen LogP contribution in [0.1, 0.15) is 24.5 Å². The summed E-state index contributed by atoms with van der Waals surface area (Å²) in [6.07, 6.45) is 5.72. The number of hydrogen-bond acceptors (Lipinski definition) is 4. The van der Waals surface area contributed by atoms with Crippen molar-refractivity contribution in [2.24, 2.45) is 0 Å². The number of imidazole rings is 1. The number of carbonyl (C=O) groups is 1. The number of ether oxygens (including phenoxy) is 1. The number of rotatable bonds is 8. The van der Waals surface area contributed by atoms with Gasteiger partial charge in [0.1, 0.15) is 5.75 Å². The minimum atomic E-state index is -0.743. The molecule has 0 aliphatic carbocycles. The Morgan fingerprint density at radius 3 is 3.09 bits per heavy atom. The number of hydrogen-bond donors (Lipinski definition) is 2. The molecule has 0 fully saturated rings. The SMILES string of the molecule is COc1cccc(C(O)CNC(=O)CCCn2ccnc2)c1. The Labute approximate surface area is 129 Å². The van der Waals surface area contributed by atoms with Crippen LogP contribution in [0.5, 0.6) is 5.75 Å². The van der Waals surface area contributed by atoms with E-state index in [1.54, 1.807) is 31.8 Å². The van der Waals surface area contributed by atoms with Gasteiger partial charge in [-0.1, -0.05) is 12.1 Å². The first kappa shape index (κ1) is 16.0. The quantitative estimate of drug-likeness (QED) is 0.775. The first-order valence-electron chi connectivity index (χ1n) is 7.23. The molecule has 0 bridgehead atoms. The third-order valence-corrected chi connectivity index (χ3v) is 3.35. The largest absolute Gasteiger partial charge is 0.497 e. The first-order chi connectivity index (χ1) is 10.7. The van der Waals surface area contributed by atoms with Gasteiger partial charge in [0.2, 0.25) is 5.91 Å². The summed E-state index contributed by atoms with van der Waals surface area (Å²) in [6, 6.07) is 7.18. The molecule has 0 spiro atoms. The molecule has 0 saturated carbocycles. The van der Waals surface area contributed by atoms with Crippen molar-refractivity contribution < 1.29 is 14.6 Å². The number of aliphatic hydroxyl groups is 1. The highest BCUT2D eigenvalue weighted by atomic mass is 16.5. The van der Waals surface area contributed by atoms with Crippen molar-refractivity contribution in [2.45, 2.75) is 25.5 Å². The average Bonchev–Trinajstić information content (AvgIpc) is 3.06. The van der Waals surface area contributed by atoms with Gasteiger partial charge in [0.05, 0.1) is 19.5 Å². The second kappa shape index (κ2) is 8.19. The normalized spacial score (nSPS) is 11.9. The Hall–Kier alpha value is -2.34. The summed E-state index contributed by atoms with van der Waals surface area (Å²) < 4.78 is 7.04. The van der Waals surface area contributed by atoms with Crippen LogP contribution in [0.4, 0.5) is 0 Å². The Kier molecular flexibility index (Phi) is 5.97. The Balaban J connectivity index is 1.70. The van der Waals surface area contributed by atoms with Crippen molar-refractivity contribution in [1.82, 2.24) is 14.9 Å². The first-order valence-corrected chi connectivity index (χ1v) is 7.23. The van der Waals surface area contributed by atoms with Crippen molar-refractivity contribution in [1.29, 1.82) is 0 Å². The van der Waals surface area contributed by atoms with Gasteiger partial charge in [-0.3, -0.25) is 4.79 Å². The highest BCUT2D eigenvalue weighted by Crippen LogP contribution is 2.18. The molecule has 2 rings (SSSR count). The molecular formula is C16H21N3O3. The van der Waals surface area contributed by atoms with E-state index in [-0.39, 0.29) is 12.5 Å². The standard InChI is InChI=1S/C16H21N3O3/c1-22-14-5-2-4-13(10-14)15(20)11-18-16(21)6-3-8-19-9-7-17-12-19/h2,4-5,7,9-10,12,15,20H,3,6,8,11H2,1H3,(H,18,21). The van der Waals surface area contributed by atoms with E-state index >= 15 is 0 Å². The van der Waals surface area contributed by atoms with Crippen LogP contribution in [0.2, 0.25) is 0 Å². The van der Waals surface area contributed by atoms with E-state index in [1.807, 2.05) is 22.9 Å². The lowest BCUT2D eigenvalue weighted by molar-refractivity contribution is -0.121. The molecule has 1 atom stereocenters. The van der Waals surface area contributed by atoms with E-state index in [4.69, 9.17) is 4.74 Å². The molecular weight excluding hydrogens is 282 g/mol. The number of carbonyl (C=O) groups excluding carboxylic acids is 1. The highest BCUT2D eigenvalue weighted by Gasteiger charge is 2.10. The van der Waals surface area contributed by atoms with Gasteiger partial charge in [-0.2, -0.15) is 0 Å². The van der Waals surface area contributed by atoms with Crippen molar-refractivity contribution in [3.63, 3.8) is 0 Å². The molecule has 0 aliphatic heterocycles. The molecule has 1 unspecified atom stereocenters. The number of aryl methyl sites for hydroxylation is 1. The van der Waals surface area contributed by atoms with E-state index < -0.39 is 6.10 Å². The second-order valence-electron chi connectivity index (χ2n) is 5.00. The minimum Gasteiger partial charge on any atom is -0.497 e. The van der Waals surface area contributed by atoms with E-state index in [2.05, 4.69) is 10.3 Å². The van der Waals surface area contributed by atoms with E-state index in [9.17, 15) is 9.90 Å². The lowest BCUT2D eigenvalue weighted by atomic mass is 10.1. The van der Waals surface area contributed by atoms with Gasteiger partial charge in [-0.15, -0.1) is 0 Å². The predicted octanol–water partition coefficient (Wildman–Crippen LogP) is 1.52. The summed E-state index contributed by atoms with van der Waals surface area (Å²) in [5.41, 5.74) is 0.720. The smallest absolute Gasteiger partial charge is 0.220 e. The second-order valence-corrected chi connectivity index (χ2v) is 5.00. The van der Waals surface area contributed by atoms with Gasteiger partial charge < -0.3 is 19.7 Å². The summed E-state index contributed by atoms with van der Waals surface area (Å²) in [5.74, 6) is 0.616. The molecule has 0 saturated heterocycles. The molecule has 1 aromatic carbocycles. The van der Waals surface area contributed by atoms with Crippen LogP contribution in [0.25, 0.3) is 0 Å². The number of aromatic nitrogens is 2. The zero-order chi connectivity index (χ0) is 15.8. The average molecular weight is 303 g/mol. The molecule has 6 nitrogen and oxygen atoms in total. The summed E-state index contributed by atoms with van der Waals surface area (Å²) in [6.45, 7) is 0.947. The third kappa shape index (κ3) is 4.89. The number of nitrogens with zero attached hydrogens (tertiary/aromatic N) is 2. The molecule has 0 radical (unpaired) electrons. The number of benzene rings is 1. The van der Waals surface area contributed by atoms with Crippen LogP contribution in [0.15, 0.2) is 43.0 Å². The maximum absolute atomic E-state index is 11.8. The van der Waals surface area contributed by atoms with Gasteiger partial charge in [0.15, 0.2) is 0 Å². The molecule has 0 aliphatic rings. The van der Waals surface area contributed by atoms with Gasteiger partial charge in [-0.25, -0.2) is 4.98 Å². The van der Waals surface area contributed by atoms with Crippen LogP contribution >= 0.6 is 0 Å². The number of aliphatic hydroxyl groups excluding tert-OH is 1. The summed E-state index contributed by atoms with van der Waals surface area (Å²) in [5, 5.41) is 12.8. The molecule has 1 heterocycles. The fourth-order valence-corrected chi connectivity index (χ4v) is 2.11. The Morgan fingerprint density at radius 1 is 1.50 bits per heavy atom. The van der Waals surface area contributed by atoms with Gasteiger partial charge in [0, 0.05) is 31.9 Å². The highest BCUT2D eigenvalue weighted by molar-refractivity contribution is 5.75. The topological polar surface area (TPSA) is 76.4 Å². The summed E-state index contributed by atoms with van der Waals surface area (Å²) in [7, 11) is 1.58. The molecule has 1 amide bonds. The zero-order valence-electron chi connectivity index (χ0n) is 12.6. The van der Waals surface area contributed by atoms with Crippen molar-refractivity contribution >= 4 is 5.91 Å². The monoisotopic (exact) mass is 303 g/mol. The number of amides is 1. The predicted molar refractivity (Wildman–Crippen MR) is 82.4 cm³/mol. The van der Waals surface area contributed by atoms with Gasteiger partial charge in [-0.05, 0) is 24.1 Å². The maximum Gasteiger partial charge on any atom is 0.220 e.